The Kier molecular flexibility index (Phi) is 3.43. The molecule has 82 valence electrons. The molecular weight excluding hydrogens is 192 g/mol. The average Bonchev–Trinajstić information content (AvgIpc) is 2.10. The zero-order valence-corrected chi connectivity index (χ0v) is 7.70. The molecule has 0 spiro atoms. The van der Waals surface area contributed by atoms with E-state index in [1.165, 1.54) is 6.92 Å². The Morgan fingerprint density at radius 1 is 1.21 bits per heavy atom. The first-order valence-corrected chi connectivity index (χ1v) is 4.35. The maximum absolute atomic E-state index is 10.4. The zero-order chi connectivity index (χ0) is 10.9. The van der Waals surface area contributed by atoms with Crippen molar-refractivity contribution in [2.45, 2.75) is 43.9 Å². The summed E-state index contributed by atoms with van der Waals surface area (Å²) in [5.74, 6) is -1.12. The van der Waals surface area contributed by atoms with Crippen LogP contribution in [0.1, 0.15) is 13.3 Å². The van der Waals surface area contributed by atoms with Crippen molar-refractivity contribution in [3.05, 3.63) is 0 Å². The van der Waals surface area contributed by atoms with Gasteiger partial charge in [-0.15, -0.1) is 0 Å². The van der Waals surface area contributed by atoms with Gasteiger partial charge in [0.15, 0.2) is 0 Å². The first kappa shape index (κ1) is 11.4. The molecule has 4 N–H and O–H groups in total. The second-order valence-corrected chi connectivity index (χ2v) is 3.45. The van der Waals surface area contributed by atoms with E-state index >= 15 is 0 Å². The predicted molar refractivity (Wildman–Crippen MR) is 44.6 cm³/mol. The van der Waals surface area contributed by atoms with E-state index < -0.39 is 42.9 Å². The predicted octanol–water partition coefficient (Wildman–Crippen LogP) is -1.67. The number of ether oxygens (including phenoxy) is 1. The van der Waals surface area contributed by atoms with Gasteiger partial charge in [0.05, 0.1) is 18.6 Å². The minimum Gasteiger partial charge on any atom is -0.481 e. The van der Waals surface area contributed by atoms with Crippen LogP contribution in [0.25, 0.3) is 0 Å². The van der Waals surface area contributed by atoms with E-state index in [2.05, 4.69) is 0 Å². The minimum absolute atomic E-state index is 0.394. The molecule has 0 aliphatic carbocycles. The summed E-state index contributed by atoms with van der Waals surface area (Å²) >= 11 is 0. The Morgan fingerprint density at radius 2 is 1.79 bits per heavy atom. The van der Waals surface area contributed by atoms with E-state index in [4.69, 9.17) is 9.84 Å². The summed E-state index contributed by atoms with van der Waals surface area (Å²) in [6.07, 6.45) is -5.95. The van der Waals surface area contributed by atoms with Gasteiger partial charge in [-0.1, -0.05) is 0 Å². The number of carboxylic acids is 1. The fraction of sp³-hybridized carbons (Fsp3) is 0.875. The third-order valence-electron chi connectivity index (χ3n) is 2.33. The SMILES string of the molecule is CC1OC(CC(=O)O)[C@@H](O)C(O)C1O. The van der Waals surface area contributed by atoms with E-state index in [0.717, 1.165) is 0 Å². The number of hydrogen-bond donors (Lipinski definition) is 4. The van der Waals surface area contributed by atoms with Crippen LogP contribution in [0.4, 0.5) is 0 Å². The van der Waals surface area contributed by atoms with Crippen LogP contribution in [-0.2, 0) is 9.53 Å². The third-order valence-corrected chi connectivity index (χ3v) is 2.33. The van der Waals surface area contributed by atoms with Crippen molar-refractivity contribution in [1.29, 1.82) is 0 Å². The summed E-state index contributed by atoms with van der Waals surface area (Å²) < 4.78 is 5.05. The maximum Gasteiger partial charge on any atom is 0.306 e. The van der Waals surface area contributed by atoms with Crippen LogP contribution in [0.2, 0.25) is 0 Å². The largest absolute Gasteiger partial charge is 0.481 e. The van der Waals surface area contributed by atoms with Crippen LogP contribution in [-0.4, -0.2) is 56.9 Å². The van der Waals surface area contributed by atoms with E-state index in [1.54, 1.807) is 0 Å². The molecule has 0 saturated carbocycles. The highest BCUT2D eigenvalue weighted by atomic mass is 16.5. The molecule has 14 heavy (non-hydrogen) atoms. The molecule has 1 aliphatic rings. The van der Waals surface area contributed by atoms with E-state index in [0.29, 0.717) is 0 Å². The number of carboxylic acid groups (broad SMARTS) is 1. The summed E-state index contributed by atoms with van der Waals surface area (Å²) in [6, 6.07) is 0. The lowest BCUT2D eigenvalue weighted by atomic mass is 9.94. The van der Waals surface area contributed by atoms with Gasteiger partial charge in [0.25, 0.3) is 0 Å². The Balaban J connectivity index is 2.65. The molecule has 0 bridgehead atoms. The smallest absolute Gasteiger partial charge is 0.306 e. The highest BCUT2D eigenvalue weighted by Crippen LogP contribution is 2.22. The molecule has 0 aromatic heterocycles. The number of hydrogen-bond acceptors (Lipinski definition) is 5. The lowest BCUT2D eigenvalue weighted by Gasteiger charge is -2.38. The van der Waals surface area contributed by atoms with Crippen LogP contribution in [0, 0.1) is 0 Å². The van der Waals surface area contributed by atoms with Crippen molar-refractivity contribution in [3.63, 3.8) is 0 Å². The molecule has 6 heteroatoms. The highest BCUT2D eigenvalue weighted by Gasteiger charge is 2.42. The summed E-state index contributed by atoms with van der Waals surface area (Å²) in [5.41, 5.74) is 0. The third kappa shape index (κ3) is 2.21. The van der Waals surface area contributed by atoms with Gasteiger partial charge in [-0.05, 0) is 6.92 Å². The number of rotatable bonds is 2. The van der Waals surface area contributed by atoms with E-state index in [-0.39, 0.29) is 0 Å². The molecule has 6 nitrogen and oxygen atoms in total. The van der Waals surface area contributed by atoms with Gasteiger partial charge in [0.2, 0.25) is 0 Å². The summed E-state index contributed by atoms with van der Waals surface area (Å²) in [7, 11) is 0. The standard InChI is InChI=1S/C8H14O6/c1-3-6(11)8(13)7(12)4(14-3)2-5(9)10/h3-4,6-8,11-13H,2H2,1H3,(H,9,10)/t3?,4?,6?,7-,8?/m1/s1. The van der Waals surface area contributed by atoms with Crippen LogP contribution >= 0.6 is 0 Å². The molecule has 4 unspecified atom stereocenters. The normalized spacial score (nSPS) is 43.6. The number of aliphatic hydroxyl groups excluding tert-OH is 3. The van der Waals surface area contributed by atoms with Crippen molar-refractivity contribution in [1.82, 2.24) is 0 Å². The van der Waals surface area contributed by atoms with Crippen molar-refractivity contribution in [2.24, 2.45) is 0 Å². The average molecular weight is 206 g/mol. The van der Waals surface area contributed by atoms with Gasteiger partial charge in [-0.2, -0.15) is 0 Å². The summed E-state index contributed by atoms with van der Waals surface area (Å²) in [6.45, 7) is 1.51. The van der Waals surface area contributed by atoms with Crippen molar-refractivity contribution >= 4 is 5.97 Å². The van der Waals surface area contributed by atoms with Gasteiger partial charge in [0.1, 0.15) is 18.3 Å². The summed E-state index contributed by atoms with van der Waals surface area (Å²) in [5, 5.41) is 36.5. The first-order chi connectivity index (χ1) is 6.43. The molecular formula is C8H14O6. The van der Waals surface area contributed by atoms with Crippen molar-refractivity contribution < 1.29 is 30.0 Å². The van der Waals surface area contributed by atoms with Gasteiger partial charge >= 0.3 is 5.97 Å². The van der Waals surface area contributed by atoms with E-state index in [9.17, 15) is 20.1 Å². The molecule has 0 radical (unpaired) electrons. The number of aliphatic hydroxyl groups is 3. The second kappa shape index (κ2) is 4.22. The highest BCUT2D eigenvalue weighted by molar-refractivity contribution is 5.67. The van der Waals surface area contributed by atoms with E-state index in [1.807, 2.05) is 0 Å². The Hall–Kier alpha value is -0.690. The first-order valence-electron chi connectivity index (χ1n) is 4.35. The molecule has 0 aromatic carbocycles. The van der Waals surface area contributed by atoms with Gasteiger partial charge < -0.3 is 25.2 Å². The molecule has 5 atom stereocenters. The number of aliphatic carboxylic acids is 1. The molecule has 1 saturated heterocycles. The topological polar surface area (TPSA) is 107 Å². The molecule has 1 heterocycles. The van der Waals surface area contributed by atoms with Crippen molar-refractivity contribution in [3.8, 4) is 0 Å². The fourth-order valence-electron chi connectivity index (χ4n) is 1.48. The van der Waals surface area contributed by atoms with Gasteiger partial charge in [0, 0.05) is 0 Å². The Labute approximate surface area is 80.7 Å². The molecule has 1 aliphatic heterocycles. The fourth-order valence-corrected chi connectivity index (χ4v) is 1.48. The summed E-state index contributed by atoms with van der Waals surface area (Å²) in [4.78, 5) is 10.4. The van der Waals surface area contributed by atoms with Crippen molar-refractivity contribution in [2.75, 3.05) is 0 Å². The quantitative estimate of drug-likeness (QED) is 0.430. The Bertz CT molecular complexity index is 218. The Morgan fingerprint density at radius 3 is 2.29 bits per heavy atom. The molecule has 1 fully saturated rings. The van der Waals surface area contributed by atoms with Crippen LogP contribution < -0.4 is 0 Å². The van der Waals surface area contributed by atoms with Crippen LogP contribution in [0.15, 0.2) is 0 Å². The molecule has 1 rings (SSSR count). The lowest BCUT2D eigenvalue weighted by molar-refractivity contribution is -0.219. The maximum atomic E-state index is 10.4. The number of carbonyl (C=O) groups is 1. The molecule has 0 amide bonds. The molecule has 0 aromatic rings. The monoisotopic (exact) mass is 206 g/mol. The van der Waals surface area contributed by atoms with Crippen LogP contribution in [0.3, 0.4) is 0 Å². The lowest BCUT2D eigenvalue weighted by Crippen LogP contribution is -2.56. The van der Waals surface area contributed by atoms with Gasteiger partial charge in [-0.25, -0.2) is 0 Å². The second-order valence-electron chi connectivity index (χ2n) is 3.45. The zero-order valence-electron chi connectivity index (χ0n) is 7.70. The van der Waals surface area contributed by atoms with Gasteiger partial charge in [-0.3, -0.25) is 4.79 Å². The van der Waals surface area contributed by atoms with Crippen LogP contribution in [0.5, 0.6) is 0 Å². The minimum atomic E-state index is -1.36.